The second-order valence-electron chi connectivity index (χ2n) is 8.07. The van der Waals surface area contributed by atoms with E-state index < -0.39 is 0 Å². The maximum Gasteiger partial charge on any atom is 0.0463 e. The van der Waals surface area contributed by atoms with E-state index in [0.717, 1.165) is 22.7 Å². The molecule has 0 aliphatic heterocycles. The zero-order valence-corrected chi connectivity index (χ0v) is 18.9. The van der Waals surface area contributed by atoms with Crippen LogP contribution in [0.5, 0.6) is 0 Å². The number of fused-ring (bicyclic) bond motifs is 2. The summed E-state index contributed by atoms with van der Waals surface area (Å²) in [4.78, 5) is 0. The van der Waals surface area contributed by atoms with Crippen molar-refractivity contribution >= 4 is 44.3 Å². The van der Waals surface area contributed by atoms with Gasteiger partial charge < -0.3 is 10.6 Å². The van der Waals surface area contributed by atoms with Gasteiger partial charge in [-0.15, -0.1) is 0 Å². The molecule has 0 bridgehead atoms. The van der Waals surface area contributed by atoms with Crippen molar-refractivity contribution in [3.8, 4) is 0 Å². The summed E-state index contributed by atoms with van der Waals surface area (Å²) in [6.45, 7) is 0. The minimum absolute atomic E-state index is 1.11. The Balaban J connectivity index is 0.000000142. The van der Waals surface area contributed by atoms with Gasteiger partial charge in [0.25, 0.3) is 0 Å². The van der Waals surface area contributed by atoms with Crippen molar-refractivity contribution in [3.63, 3.8) is 0 Å². The van der Waals surface area contributed by atoms with Crippen LogP contribution in [0.25, 0.3) is 21.5 Å². The topological polar surface area (TPSA) is 24.1 Å². The highest BCUT2D eigenvalue weighted by molar-refractivity contribution is 5.95. The van der Waals surface area contributed by atoms with Gasteiger partial charge in [-0.05, 0) is 58.6 Å². The lowest BCUT2D eigenvalue weighted by Crippen LogP contribution is -1.90. The fourth-order valence-corrected chi connectivity index (χ4v) is 3.97. The number of benzene rings is 6. The Morgan fingerprint density at radius 2 is 0.882 bits per heavy atom. The van der Waals surface area contributed by atoms with E-state index in [0.29, 0.717) is 0 Å². The van der Waals surface area contributed by atoms with Crippen LogP contribution in [0.15, 0.2) is 146 Å². The number of hydrogen-bond donors (Lipinski definition) is 2. The Morgan fingerprint density at radius 1 is 0.324 bits per heavy atom. The predicted molar refractivity (Wildman–Crippen MR) is 147 cm³/mol. The fraction of sp³-hybridized carbons (Fsp3) is 0. The summed E-state index contributed by atoms with van der Waals surface area (Å²) in [7, 11) is 0. The molecule has 2 heteroatoms. The average molecular weight is 439 g/mol. The molecule has 0 heterocycles. The van der Waals surface area contributed by atoms with Crippen molar-refractivity contribution in [3.05, 3.63) is 146 Å². The van der Waals surface area contributed by atoms with E-state index in [-0.39, 0.29) is 0 Å². The van der Waals surface area contributed by atoms with Crippen LogP contribution in [0.1, 0.15) is 0 Å². The molecule has 6 aromatic rings. The second kappa shape index (κ2) is 10.4. The molecule has 0 aromatic heterocycles. The summed E-state index contributed by atoms with van der Waals surface area (Å²) in [5.74, 6) is 0. The Kier molecular flexibility index (Phi) is 6.50. The molecule has 6 rings (SSSR count). The van der Waals surface area contributed by atoms with Gasteiger partial charge in [-0.2, -0.15) is 0 Å². The molecule has 0 fully saturated rings. The Morgan fingerprint density at radius 3 is 1.62 bits per heavy atom. The van der Waals surface area contributed by atoms with E-state index in [1.54, 1.807) is 0 Å². The number of anilines is 4. The van der Waals surface area contributed by atoms with Crippen LogP contribution in [0.2, 0.25) is 0 Å². The van der Waals surface area contributed by atoms with Gasteiger partial charge in [-0.3, -0.25) is 0 Å². The van der Waals surface area contributed by atoms with Crippen molar-refractivity contribution in [2.24, 2.45) is 0 Å². The highest BCUT2D eigenvalue weighted by Crippen LogP contribution is 2.26. The molecule has 0 spiro atoms. The third-order valence-corrected chi connectivity index (χ3v) is 5.65. The highest BCUT2D eigenvalue weighted by atomic mass is 14.9. The molecular weight excluding hydrogens is 412 g/mol. The summed E-state index contributed by atoms with van der Waals surface area (Å²) in [5, 5.41) is 11.9. The zero-order valence-electron chi connectivity index (χ0n) is 18.9. The van der Waals surface area contributed by atoms with Crippen LogP contribution in [-0.4, -0.2) is 0 Å². The molecule has 6 aromatic carbocycles. The van der Waals surface area contributed by atoms with Gasteiger partial charge in [0.1, 0.15) is 0 Å². The largest absolute Gasteiger partial charge is 0.356 e. The molecule has 0 saturated heterocycles. The third-order valence-electron chi connectivity index (χ3n) is 5.65. The minimum Gasteiger partial charge on any atom is -0.356 e. The first-order valence-corrected chi connectivity index (χ1v) is 11.5. The van der Waals surface area contributed by atoms with Crippen LogP contribution in [0.4, 0.5) is 22.7 Å². The lowest BCUT2D eigenvalue weighted by Gasteiger charge is -2.09. The van der Waals surface area contributed by atoms with Crippen molar-refractivity contribution in [2.45, 2.75) is 0 Å². The molecule has 0 aliphatic rings. The standard InChI is InChI=1S/2C16H13N/c1-2-9-14(10-3-1)17-16-12-6-8-13-7-4-5-11-15(13)16;1-2-8-15(9-3-1)17-16-11-10-13-6-4-5-7-14(13)12-16/h2*1-12,17H. The summed E-state index contributed by atoms with van der Waals surface area (Å²) < 4.78 is 0. The summed E-state index contributed by atoms with van der Waals surface area (Å²) in [6.07, 6.45) is 0. The smallest absolute Gasteiger partial charge is 0.0463 e. The van der Waals surface area contributed by atoms with Crippen molar-refractivity contribution in [2.75, 3.05) is 10.6 Å². The molecule has 34 heavy (non-hydrogen) atoms. The van der Waals surface area contributed by atoms with Crippen LogP contribution in [0, 0.1) is 0 Å². The van der Waals surface area contributed by atoms with Gasteiger partial charge in [0.2, 0.25) is 0 Å². The maximum absolute atomic E-state index is 3.45. The van der Waals surface area contributed by atoms with Crippen LogP contribution in [-0.2, 0) is 0 Å². The fourth-order valence-electron chi connectivity index (χ4n) is 3.97. The number of para-hydroxylation sites is 2. The molecule has 0 unspecified atom stereocenters. The molecule has 0 atom stereocenters. The van der Waals surface area contributed by atoms with Gasteiger partial charge in [0, 0.05) is 28.1 Å². The normalized spacial score (nSPS) is 10.4. The molecule has 0 radical (unpaired) electrons. The van der Waals surface area contributed by atoms with E-state index in [9.17, 15) is 0 Å². The molecule has 2 N–H and O–H groups in total. The van der Waals surface area contributed by atoms with Gasteiger partial charge in [0.15, 0.2) is 0 Å². The van der Waals surface area contributed by atoms with Crippen LogP contribution < -0.4 is 10.6 Å². The average Bonchev–Trinajstić information content (AvgIpc) is 2.90. The van der Waals surface area contributed by atoms with Crippen molar-refractivity contribution in [1.82, 2.24) is 0 Å². The number of rotatable bonds is 4. The monoisotopic (exact) mass is 438 g/mol. The van der Waals surface area contributed by atoms with E-state index in [1.807, 2.05) is 36.4 Å². The van der Waals surface area contributed by atoms with E-state index in [1.165, 1.54) is 21.5 Å². The SMILES string of the molecule is c1ccc(Nc2ccc3ccccc3c2)cc1.c1ccc(Nc2cccc3ccccc23)cc1. The molecule has 0 amide bonds. The zero-order chi connectivity index (χ0) is 23.0. The number of nitrogens with one attached hydrogen (secondary N) is 2. The lowest BCUT2D eigenvalue weighted by molar-refractivity contribution is 1.57. The summed E-state index contributed by atoms with van der Waals surface area (Å²) in [6, 6.07) is 50.0. The van der Waals surface area contributed by atoms with E-state index >= 15 is 0 Å². The van der Waals surface area contributed by atoms with Crippen LogP contribution in [0.3, 0.4) is 0 Å². The van der Waals surface area contributed by atoms with Crippen molar-refractivity contribution in [1.29, 1.82) is 0 Å². The quantitative estimate of drug-likeness (QED) is 0.287. The Labute approximate surface area is 200 Å². The summed E-state index contributed by atoms with van der Waals surface area (Å²) >= 11 is 0. The first-order chi connectivity index (χ1) is 16.8. The molecular formula is C32H26N2. The van der Waals surface area contributed by atoms with Crippen LogP contribution >= 0.6 is 0 Å². The van der Waals surface area contributed by atoms with Gasteiger partial charge in [-0.1, -0.05) is 103 Å². The lowest BCUT2D eigenvalue weighted by atomic mass is 10.1. The Bertz CT molecular complexity index is 1480. The molecule has 0 aliphatic carbocycles. The van der Waals surface area contributed by atoms with Gasteiger partial charge in [-0.25, -0.2) is 0 Å². The molecule has 164 valence electrons. The molecule has 2 nitrogen and oxygen atoms in total. The second-order valence-corrected chi connectivity index (χ2v) is 8.07. The first kappa shape index (κ1) is 21.3. The van der Waals surface area contributed by atoms with E-state index in [2.05, 4.69) is 120 Å². The first-order valence-electron chi connectivity index (χ1n) is 11.5. The minimum atomic E-state index is 1.11. The molecule has 0 saturated carbocycles. The van der Waals surface area contributed by atoms with Gasteiger partial charge >= 0.3 is 0 Å². The van der Waals surface area contributed by atoms with Gasteiger partial charge in [0.05, 0.1) is 0 Å². The van der Waals surface area contributed by atoms with Crippen molar-refractivity contribution < 1.29 is 0 Å². The highest BCUT2D eigenvalue weighted by Gasteiger charge is 2.00. The van der Waals surface area contributed by atoms with E-state index in [4.69, 9.17) is 0 Å². The predicted octanol–water partition coefficient (Wildman–Crippen LogP) is 9.17. The maximum atomic E-state index is 3.45. The number of hydrogen-bond acceptors (Lipinski definition) is 2. The Hall–Kier alpha value is -4.56. The third kappa shape index (κ3) is 5.25. The summed E-state index contributed by atoms with van der Waals surface area (Å²) in [5.41, 5.74) is 4.50.